The molecule has 2 N–H and O–H groups in total. The Hall–Kier alpha value is -2.18. The number of carbonyl (C=O) groups excluding carboxylic acids is 2. The molecule has 1 aliphatic rings. The third-order valence-electron chi connectivity index (χ3n) is 4.85. The van der Waals surface area contributed by atoms with E-state index in [1.165, 1.54) is 42.8 Å². The molecule has 1 unspecified atom stereocenters. The maximum atomic E-state index is 11.9. The second-order valence-electron chi connectivity index (χ2n) is 7.27. The average molecular weight is 386 g/mol. The normalized spacial score (nSPS) is 17.4. The fourth-order valence-corrected chi connectivity index (χ4v) is 4.01. The van der Waals surface area contributed by atoms with Crippen LogP contribution in [0.4, 0.5) is 0 Å². The Labute approximate surface area is 164 Å². The molecule has 1 fully saturated rings. The molecule has 0 radical (unpaired) electrons. The van der Waals surface area contributed by atoms with Crippen LogP contribution in [0, 0.1) is 5.92 Å². The van der Waals surface area contributed by atoms with Crippen LogP contribution in [-0.4, -0.2) is 36.3 Å². The Morgan fingerprint density at radius 3 is 2.63 bits per heavy atom. The topological polar surface area (TPSA) is 61.4 Å². The number of likely N-dealkylation sites (tertiary alicyclic amines) is 1. The summed E-state index contributed by atoms with van der Waals surface area (Å²) < 4.78 is 0. The highest BCUT2D eigenvalue weighted by atomic mass is 32.1. The van der Waals surface area contributed by atoms with Gasteiger partial charge < -0.3 is 10.6 Å². The lowest BCUT2D eigenvalue weighted by atomic mass is 9.99. The number of hydrogen-bond donors (Lipinski definition) is 2. The molecular weight excluding hydrogens is 358 g/mol. The third-order valence-corrected chi connectivity index (χ3v) is 5.54. The zero-order valence-electron chi connectivity index (χ0n) is 15.7. The van der Waals surface area contributed by atoms with Gasteiger partial charge in [0.05, 0.1) is 6.54 Å². The van der Waals surface area contributed by atoms with E-state index >= 15 is 0 Å². The maximum absolute atomic E-state index is 11.9. The fraction of sp³-hybridized carbons (Fsp3) is 0.429. The Morgan fingerprint density at radius 2 is 1.93 bits per heavy atom. The number of nitrogens with one attached hydrogen (secondary N) is 2. The molecule has 3 rings (SSSR count). The molecule has 27 heavy (non-hydrogen) atoms. The van der Waals surface area contributed by atoms with Crippen molar-refractivity contribution in [3.05, 3.63) is 57.8 Å². The lowest BCUT2D eigenvalue weighted by molar-refractivity contribution is -0.120. The van der Waals surface area contributed by atoms with Gasteiger partial charge in [-0.3, -0.25) is 14.5 Å². The van der Waals surface area contributed by atoms with Gasteiger partial charge in [-0.15, -0.1) is 0 Å². The van der Waals surface area contributed by atoms with E-state index in [9.17, 15) is 9.59 Å². The zero-order chi connectivity index (χ0) is 19.1. The highest BCUT2D eigenvalue weighted by Crippen LogP contribution is 2.18. The van der Waals surface area contributed by atoms with Crippen molar-refractivity contribution in [1.82, 2.24) is 15.5 Å². The molecule has 2 aromatic rings. The molecule has 0 saturated carbocycles. The summed E-state index contributed by atoms with van der Waals surface area (Å²) in [5, 5.41) is 9.08. The van der Waals surface area contributed by atoms with Crippen LogP contribution >= 0.6 is 11.3 Å². The predicted molar refractivity (Wildman–Crippen MR) is 109 cm³/mol. The SMILES string of the molecule is CC1CCCN(Cc2ccc(CNC(=O)CNC(=O)c3ccsc3)cc2)C1. The molecule has 144 valence electrons. The molecule has 0 spiro atoms. The second-order valence-corrected chi connectivity index (χ2v) is 8.05. The molecule has 2 amide bonds. The summed E-state index contributed by atoms with van der Waals surface area (Å²) in [5.74, 6) is 0.376. The Kier molecular flexibility index (Phi) is 7.01. The van der Waals surface area contributed by atoms with E-state index in [-0.39, 0.29) is 18.4 Å². The lowest BCUT2D eigenvalue weighted by Gasteiger charge is -2.30. The van der Waals surface area contributed by atoms with Crippen molar-refractivity contribution in [2.75, 3.05) is 19.6 Å². The van der Waals surface area contributed by atoms with Crippen molar-refractivity contribution < 1.29 is 9.59 Å². The van der Waals surface area contributed by atoms with E-state index in [0.717, 1.165) is 18.0 Å². The first-order valence-electron chi connectivity index (χ1n) is 9.47. The highest BCUT2D eigenvalue weighted by molar-refractivity contribution is 7.08. The van der Waals surface area contributed by atoms with Gasteiger partial charge in [-0.1, -0.05) is 31.2 Å². The van der Waals surface area contributed by atoms with Gasteiger partial charge in [-0.25, -0.2) is 0 Å². The maximum Gasteiger partial charge on any atom is 0.252 e. The quantitative estimate of drug-likeness (QED) is 0.770. The summed E-state index contributed by atoms with van der Waals surface area (Å²) in [5.41, 5.74) is 2.96. The molecular formula is C21H27N3O2S. The van der Waals surface area contributed by atoms with Gasteiger partial charge in [0, 0.05) is 30.6 Å². The van der Waals surface area contributed by atoms with Crippen LogP contribution in [0.5, 0.6) is 0 Å². The minimum Gasteiger partial charge on any atom is -0.350 e. The number of amides is 2. The number of thiophene rings is 1. The summed E-state index contributed by atoms with van der Waals surface area (Å²) in [4.78, 5) is 26.3. The van der Waals surface area contributed by atoms with Gasteiger partial charge in [-0.05, 0) is 47.9 Å². The standard InChI is InChI=1S/C21H27N3O2S/c1-16-3-2-9-24(13-16)14-18-6-4-17(5-7-18)11-22-20(25)12-23-21(26)19-8-10-27-15-19/h4-8,10,15-16H,2-3,9,11-14H2,1H3,(H,22,25)(H,23,26). The molecule has 6 heteroatoms. The molecule has 1 aromatic heterocycles. The van der Waals surface area contributed by atoms with E-state index in [4.69, 9.17) is 0 Å². The first kappa shape index (κ1) is 19.6. The Morgan fingerprint density at radius 1 is 1.15 bits per heavy atom. The smallest absolute Gasteiger partial charge is 0.252 e. The van der Waals surface area contributed by atoms with Gasteiger partial charge in [0.1, 0.15) is 0 Å². The van der Waals surface area contributed by atoms with Crippen LogP contribution < -0.4 is 10.6 Å². The number of rotatable bonds is 7. The van der Waals surface area contributed by atoms with E-state index in [0.29, 0.717) is 12.1 Å². The molecule has 1 aromatic carbocycles. The highest BCUT2D eigenvalue weighted by Gasteiger charge is 2.16. The number of piperidine rings is 1. The van der Waals surface area contributed by atoms with Gasteiger partial charge in [0.2, 0.25) is 5.91 Å². The van der Waals surface area contributed by atoms with Crippen molar-refractivity contribution in [3.8, 4) is 0 Å². The second kappa shape index (κ2) is 9.67. The van der Waals surface area contributed by atoms with Gasteiger partial charge in [-0.2, -0.15) is 11.3 Å². The Balaban J connectivity index is 1.39. The molecule has 1 aliphatic heterocycles. The van der Waals surface area contributed by atoms with E-state index in [1.807, 2.05) is 5.38 Å². The van der Waals surface area contributed by atoms with Crippen LogP contribution in [0.25, 0.3) is 0 Å². The first-order valence-corrected chi connectivity index (χ1v) is 10.4. The number of benzene rings is 1. The number of carbonyl (C=O) groups is 2. The van der Waals surface area contributed by atoms with E-state index < -0.39 is 0 Å². The summed E-state index contributed by atoms with van der Waals surface area (Å²) in [7, 11) is 0. The number of hydrogen-bond acceptors (Lipinski definition) is 4. The van der Waals surface area contributed by atoms with Crippen LogP contribution in [0.2, 0.25) is 0 Å². The summed E-state index contributed by atoms with van der Waals surface area (Å²) in [6, 6.07) is 10.1. The minimum absolute atomic E-state index is 0.0140. The lowest BCUT2D eigenvalue weighted by Crippen LogP contribution is -2.36. The largest absolute Gasteiger partial charge is 0.350 e. The van der Waals surface area contributed by atoms with E-state index in [2.05, 4.69) is 46.7 Å². The van der Waals surface area contributed by atoms with Crippen molar-refractivity contribution >= 4 is 23.2 Å². The average Bonchev–Trinajstić information content (AvgIpc) is 3.20. The Bertz CT molecular complexity index is 743. The summed E-state index contributed by atoms with van der Waals surface area (Å²) in [6.07, 6.45) is 2.62. The van der Waals surface area contributed by atoms with Gasteiger partial charge >= 0.3 is 0 Å². The van der Waals surface area contributed by atoms with Crippen molar-refractivity contribution in [2.24, 2.45) is 5.92 Å². The van der Waals surface area contributed by atoms with Gasteiger partial charge in [0.25, 0.3) is 5.91 Å². The summed E-state index contributed by atoms with van der Waals surface area (Å²) >= 11 is 1.46. The minimum atomic E-state index is -0.220. The number of nitrogens with zero attached hydrogens (tertiary/aromatic N) is 1. The monoisotopic (exact) mass is 385 g/mol. The molecule has 5 nitrogen and oxygen atoms in total. The third kappa shape index (κ3) is 6.19. The molecule has 2 heterocycles. The van der Waals surface area contributed by atoms with Crippen molar-refractivity contribution in [1.29, 1.82) is 0 Å². The van der Waals surface area contributed by atoms with Crippen molar-refractivity contribution in [3.63, 3.8) is 0 Å². The summed E-state index contributed by atoms with van der Waals surface area (Å²) in [6.45, 7) is 6.12. The van der Waals surface area contributed by atoms with E-state index in [1.54, 1.807) is 11.4 Å². The van der Waals surface area contributed by atoms with Crippen LogP contribution in [-0.2, 0) is 17.9 Å². The molecule has 1 saturated heterocycles. The fourth-order valence-electron chi connectivity index (χ4n) is 3.37. The van der Waals surface area contributed by atoms with Crippen LogP contribution in [0.15, 0.2) is 41.1 Å². The zero-order valence-corrected chi connectivity index (χ0v) is 16.6. The molecule has 0 aliphatic carbocycles. The van der Waals surface area contributed by atoms with Crippen molar-refractivity contribution in [2.45, 2.75) is 32.9 Å². The molecule has 1 atom stereocenters. The van der Waals surface area contributed by atoms with Crippen LogP contribution in [0.1, 0.15) is 41.3 Å². The van der Waals surface area contributed by atoms with Gasteiger partial charge in [0.15, 0.2) is 0 Å². The first-order chi connectivity index (χ1) is 13.1. The van der Waals surface area contributed by atoms with Crippen LogP contribution in [0.3, 0.4) is 0 Å². The molecule has 0 bridgehead atoms. The predicted octanol–water partition coefficient (Wildman–Crippen LogP) is 3.03.